The number of aromatic amines is 1. The van der Waals surface area contributed by atoms with Gasteiger partial charge in [0.1, 0.15) is 5.69 Å². The van der Waals surface area contributed by atoms with Gasteiger partial charge in [0.05, 0.1) is 17.7 Å². The molecule has 0 bridgehead atoms. The minimum atomic E-state index is -0.345. The van der Waals surface area contributed by atoms with Crippen LogP contribution in [0, 0.1) is 5.92 Å². The minimum absolute atomic E-state index is 0.132. The molecule has 1 atom stereocenters. The Morgan fingerprint density at radius 1 is 1.19 bits per heavy atom. The van der Waals surface area contributed by atoms with Crippen molar-refractivity contribution in [1.29, 1.82) is 0 Å². The van der Waals surface area contributed by atoms with E-state index < -0.39 is 0 Å². The van der Waals surface area contributed by atoms with Gasteiger partial charge in [0.2, 0.25) is 5.56 Å². The number of carbonyl (C=O) groups excluding carboxylic acids is 1. The zero-order valence-electron chi connectivity index (χ0n) is 14.1. The number of hydrogen-bond acceptors (Lipinski definition) is 4. The van der Waals surface area contributed by atoms with Crippen molar-refractivity contribution in [3.63, 3.8) is 0 Å². The summed E-state index contributed by atoms with van der Waals surface area (Å²) < 4.78 is 0. The molecule has 2 heterocycles. The van der Waals surface area contributed by atoms with Crippen molar-refractivity contribution in [3.05, 3.63) is 76.3 Å². The highest BCUT2D eigenvalue weighted by Gasteiger charge is 2.36. The van der Waals surface area contributed by atoms with E-state index in [1.165, 1.54) is 6.07 Å². The molecule has 1 amide bonds. The van der Waals surface area contributed by atoms with Crippen LogP contribution < -0.4 is 10.9 Å². The third-order valence-corrected chi connectivity index (χ3v) is 4.89. The van der Waals surface area contributed by atoms with Crippen LogP contribution in [0.3, 0.4) is 0 Å². The average Bonchev–Trinajstić information content (AvgIpc) is 2.63. The van der Waals surface area contributed by atoms with Crippen LogP contribution in [0.1, 0.15) is 34.9 Å². The Morgan fingerprint density at radius 3 is 2.77 bits per heavy atom. The molecule has 1 aliphatic rings. The van der Waals surface area contributed by atoms with Crippen LogP contribution in [0.25, 0.3) is 10.9 Å². The van der Waals surface area contributed by atoms with Gasteiger partial charge in [-0.3, -0.25) is 14.6 Å². The summed E-state index contributed by atoms with van der Waals surface area (Å²) in [5, 5.41) is 13.7. The van der Waals surface area contributed by atoms with Crippen LogP contribution in [-0.4, -0.2) is 27.1 Å². The number of carbonyl (C=O) groups is 1. The van der Waals surface area contributed by atoms with E-state index in [1.807, 2.05) is 30.3 Å². The van der Waals surface area contributed by atoms with E-state index in [2.05, 4.69) is 15.3 Å². The largest absolute Gasteiger partial charge is 0.393 e. The summed E-state index contributed by atoms with van der Waals surface area (Å²) in [6, 6.07) is 14.0. The molecule has 0 saturated heterocycles. The van der Waals surface area contributed by atoms with Gasteiger partial charge in [-0.05, 0) is 42.5 Å². The summed E-state index contributed by atoms with van der Waals surface area (Å²) >= 11 is 0. The van der Waals surface area contributed by atoms with Crippen LogP contribution in [0.15, 0.2) is 59.5 Å². The third-order valence-electron chi connectivity index (χ3n) is 4.89. The Labute approximate surface area is 149 Å². The lowest BCUT2D eigenvalue weighted by molar-refractivity contribution is 0.0234. The lowest BCUT2D eigenvalue weighted by atomic mass is 9.75. The molecule has 0 radical (unpaired) electrons. The number of aliphatic hydroxyl groups excluding tert-OH is 1. The number of nitrogens with one attached hydrogen (secondary N) is 2. The first kappa shape index (κ1) is 16.5. The predicted octanol–water partition coefficient (Wildman–Crippen LogP) is 2.17. The molecule has 6 heteroatoms. The van der Waals surface area contributed by atoms with Crippen molar-refractivity contribution in [2.45, 2.75) is 25.0 Å². The van der Waals surface area contributed by atoms with Gasteiger partial charge in [0.25, 0.3) is 5.91 Å². The van der Waals surface area contributed by atoms with Gasteiger partial charge in [-0.25, -0.2) is 0 Å². The monoisotopic (exact) mass is 349 g/mol. The zero-order valence-corrected chi connectivity index (χ0v) is 14.1. The zero-order chi connectivity index (χ0) is 18.1. The Balaban J connectivity index is 1.65. The molecule has 3 N–H and O–H groups in total. The Morgan fingerprint density at radius 2 is 2.00 bits per heavy atom. The fourth-order valence-corrected chi connectivity index (χ4v) is 3.43. The van der Waals surface area contributed by atoms with Crippen molar-refractivity contribution in [2.24, 2.45) is 5.92 Å². The molecular weight excluding hydrogens is 330 g/mol. The summed E-state index contributed by atoms with van der Waals surface area (Å²) in [6.07, 6.45) is 2.70. The van der Waals surface area contributed by atoms with Gasteiger partial charge in [-0.15, -0.1) is 0 Å². The van der Waals surface area contributed by atoms with E-state index in [9.17, 15) is 14.7 Å². The summed E-state index contributed by atoms with van der Waals surface area (Å²) in [4.78, 5) is 31.1. The van der Waals surface area contributed by atoms with Crippen LogP contribution in [0.4, 0.5) is 0 Å². The molecule has 1 fully saturated rings. The minimum Gasteiger partial charge on any atom is -0.393 e. The topological polar surface area (TPSA) is 95.1 Å². The van der Waals surface area contributed by atoms with Gasteiger partial charge in [-0.2, -0.15) is 0 Å². The van der Waals surface area contributed by atoms with Gasteiger partial charge in [-0.1, -0.05) is 24.3 Å². The summed E-state index contributed by atoms with van der Waals surface area (Å²) in [6.45, 7) is 0. The number of H-pyrrole nitrogens is 1. The number of hydrogen-bond donors (Lipinski definition) is 3. The number of aromatic nitrogens is 2. The summed E-state index contributed by atoms with van der Waals surface area (Å²) in [5.41, 5.74) is 1.69. The number of para-hydroxylation sites is 1. The lowest BCUT2D eigenvalue weighted by Crippen LogP contribution is -2.41. The molecular formula is C20H19N3O3. The lowest BCUT2D eigenvalue weighted by Gasteiger charge is -2.38. The molecule has 3 aromatic rings. The highest BCUT2D eigenvalue weighted by Crippen LogP contribution is 2.38. The van der Waals surface area contributed by atoms with E-state index in [0.717, 1.165) is 16.5 Å². The highest BCUT2D eigenvalue weighted by atomic mass is 16.3. The van der Waals surface area contributed by atoms with E-state index in [1.54, 1.807) is 18.3 Å². The van der Waals surface area contributed by atoms with Gasteiger partial charge < -0.3 is 15.4 Å². The first-order valence-corrected chi connectivity index (χ1v) is 8.63. The average molecular weight is 349 g/mol. The molecule has 1 aromatic carbocycles. The Hall–Kier alpha value is -2.99. The second-order valence-corrected chi connectivity index (χ2v) is 6.73. The van der Waals surface area contributed by atoms with Crippen LogP contribution in [0.5, 0.6) is 0 Å². The Bertz CT molecular complexity index is 1010. The smallest absolute Gasteiger partial charge is 0.268 e. The number of amides is 1. The van der Waals surface area contributed by atoms with Crippen molar-refractivity contribution in [1.82, 2.24) is 15.3 Å². The SMILES string of the molecule is O=C(N[C@H](c1cnc2ccccc2c1)C1CC(O)C1)c1cccc(=O)[nH]1. The first-order chi connectivity index (χ1) is 12.6. The standard InChI is InChI=1S/C20H19N3O3/c24-15-9-13(10-15)19(23-20(26)17-6-3-7-18(25)22-17)14-8-12-4-1-2-5-16(12)21-11-14/h1-8,11,13,15,19,24H,9-10H2,(H,22,25)(H,23,26)/t13?,15?,19-/m0/s1. The molecule has 0 spiro atoms. The Kier molecular flexibility index (Phi) is 4.26. The fraction of sp³-hybridized carbons (Fsp3) is 0.250. The van der Waals surface area contributed by atoms with Crippen molar-refractivity contribution in [3.8, 4) is 0 Å². The number of aliphatic hydroxyl groups is 1. The first-order valence-electron chi connectivity index (χ1n) is 8.63. The van der Waals surface area contributed by atoms with E-state index in [4.69, 9.17) is 0 Å². The number of pyridine rings is 2. The maximum atomic E-state index is 12.6. The van der Waals surface area contributed by atoms with Crippen molar-refractivity contribution in [2.75, 3.05) is 0 Å². The van der Waals surface area contributed by atoms with Gasteiger partial charge in [0.15, 0.2) is 0 Å². The number of fused-ring (bicyclic) bond motifs is 1. The summed E-state index contributed by atoms with van der Waals surface area (Å²) in [5.74, 6) is -0.213. The third kappa shape index (κ3) is 3.23. The summed E-state index contributed by atoms with van der Waals surface area (Å²) in [7, 11) is 0. The van der Waals surface area contributed by atoms with Crippen LogP contribution >= 0.6 is 0 Å². The van der Waals surface area contributed by atoms with Crippen molar-refractivity contribution < 1.29 is 9.90 Å². The molecule has 6 nitrogen and oxygen atoms in total. The molecule has 4 rings (SSSR count). The fourth-order valence-electron chi connectivity index (χ4n) is 3.43. The van der Waals surface area contributed by atoms with E-state index in [-0.39, 0.29) is 35.2 Å². The van der Waals surface area contributed by atoms with Crippen LogP contribution in [-0.2, 0) is 0 Å². The number of benzene rings is 1. The second-order valence-electron chi connectivity index (χ2n) is 6.73. The van der Waals surface area contributed by atoms with Gasteiger partial charge >= 0.3 is 0 Å². The molecule has 1 saturated carbocycles. The normalized spacial score (nSPS) is 20.3. The predicted molar refractivity (Wildman–Crippen MR) is 97.7 cm³/mol. The number of nitrogens with zero attached hydrogens (tertiary/aromatic N) is 1. The molecule has 26 heavy (non-hydrogen) atoms. The van der Waals surface area contributed by atoms with Crippen molar-refractivity contribution >= 4 is 16.8 Å². The van der Waals surface area contributed by atoms with E-state index >= 15 is 0 Å². The van der Waals surface area contributed by atoms with Crippen LogP contribution in [0.2, 0.25) is 0 Å². The highest BCUT2D eigenvalue weighted by molar-refractivity contribution is 5.92. The second kappa shape index (κ2) is 6.72. The molecule has 1 aliphatic carbocycles. The van der Waals surface area contributed by atoms with E-state index in [0.29, 0.717) is 12.8 Å². The molecule has 2 aromatic heterocycles. The quantitative estimate of drug-likeness (QED) is 0.673. The maximum Gasteiger partial charge on any atom is 0.268 e. The molecule has 132 valence electrons. The molecule has 0 aliphatic heterocycles. The molecule has 0 unspecified atom stereocenters. The van der Waals surface area contributed by atoms with Gasteiger partial charge in [0, 0.05) is 17.6 Å². The number of rotatable bonds is 4. The maximum absolute atomic E-state index is 12.6.